The van der Waals surface area contributed by atoms with Crippen LogP contribution in [0.3, 0.4) is 0 Å². The van der Waals surface area contributed by atoms with Crippen LogP contribution in [0.2, 0.25) is 0 Å². The minimum Gasteiger partial charge on any atom is -0.360 e. The second-order valence-corrected chi connectivity index (χ2v) is 4.24. The Balaban J connectivity index is 1.97. The fourth-order valence-corrected chi connectivity index (χ4v) is 1.90. The minimum atomic E-state index is -0.430. The van der Waals surface area contributed by atoms with Gasteiger partial charge in [0, 0.05) is 7.11 Å². The highest BCUT2D eigenvalue weighted by Crippen LogP contribution is 2.21. The van der Waals surface area contributed by atoms with Gasteiger partial charge in [0.2, 0.25) is 5.91 Å². The summed E-state index contributed by atoms with van der Waals surface area (Å²) in [6.07, 6.45) is -0.163. The van der Waals surface area contributed by atoms with Gasteiger partial charge in [-0.2, -0.15) is 0 Å². The second-order valence-electron chi connectivity index (χ2n) is 4.24. The number of methoxy groups -OCH3 is 1. The molecule has 0 bridgehead atoms. The summed E-state index contributed by atoms with van der Waals surface area (Å²) < 4.78 is 5.02. The monoisotopic (exact) mass is 248 g/mol. The van der Waals surface area contributed by atoms with E-state index in [4.69, 9.17) is 4.74 Å². The predicted molar refractivity (Wildman–Crippen MR) is 65.6 cm³/mol. The molecule has 0 aliphatic carbocycles. The maximum atomic E-state index is 11.9. The standard InChI is InChI=1S/C13H16N2O3/c1-9(10-6-4-3-5-7-10)14-13(17)15-11(16)8-12(15)18-2/h3-7,9,12H,8H2,1-2H3,(H,14,17). The van der Waals surface area contributed by atoms with Crippen molar-refractivity contribution >= 4 is 11.9 Å². The van der Waals surface area contributed by atoms with Crippen LogP contribution in [0.4, 0.5) is 4.79 Å². The first-order valence-corrected chi connectivity index (χ1v) is 5.83. The molecule has 0 radical (unpaired) electrons. The first-order valence-electron chi connectivity index (χ1n) is 5.83. The van der Waals surface area contributed by atoms with E-state index in [2.05, 4.69) is 5.32 Å². The SMILES string of the molecule is COC1CC(=O)N1C(=O)NC(C)c1ccccc1. The third-order valence-corrected chi connectivity index (χ3v) is 3.04. The van der Waals surface area contributed by atoms with Gasteiger partial charge in [0.15, 0.2) is 0 Å². The summed E-state index contributed by atoms with van der Waals surface area (Å²) in [5.74, 6) is -0.209. The van der Waals surface area contributed by atoms with E-state index in [1.54, 1.807) is 0 Å². The van der Waals surface area contributed by atoms with Crippen molar-refractivity contribution < 1.29 is 14.3 Å². The van der Waals surface area contributed by atoms with Gasteiger partial charge in [0.1, 0.15) is 6.23 Å². The number of amides is 3. The highest BCUT2D eigenvalue weighted by atomic mass is 16.5. The molecule has 3 amide bonds. The van der Waals surface area contributed by atoms with E-state index >= 15 is 0 Å². The van der Waals surface area contributed by atoms with Crippen molar-refractivity contribution in [1.29, 1.82) is 0 Å². The number of β-lactam (4-membered cyclic amide) rings is 1. The number of hydrogen-bond donors (Lipinski definition) is 1. The van der Waals surface area contributed by atoms with Crippen molar-refractivity contribution in [2.45, 2.75) is 25.6 Å². The highest BCUT2D eigenvalue weighted by molar-refractivity contribution is 5.99. The summed E-state index contributed by atoms with van der Waals surface area (Å²) in [6, 6.07) is 9.03. The van der Waals surface area contributed by atoms with Crippen molar-refractivity contribution in [3.63, 3.8) is 0 Å². The van der Waals surface area contributed by atoms with Gasteiger partial charge in [0.05, 0.1) is 12.5 Å². The van der Waals surface area contributed by atoms with E-state index < -0.39 is 12.3 Å². The van der Waals surface area contributed by atoms with Gasteiger partial charge >= 0.3 is 6.03 Å². The Labute approximate surface area is 106 Å². The zero-order valence-corrected chi connectivity index (χ0v) is 10.4. The molecule has 5 nitrogen and oxygen atoms in total. The number of carbonyl (C=O) groups is 2. The Hall–Kier alpha value is -1.88. The van der Waals surface area contributed by atoms with Gasteiger partial charge in [-0.25, -0.2) is 9.69 Å². The molecule has 2 atom stereocenters. The van der Waals surface area contributed by atoms with E-state index in [-0.39, 0.29) is 18.4 Å². The lowest BCUT2D eigenvalue weighted by atomic mass is 10.1. The van der Waals surface area contributed by atoms with Crippen LogP contribution in [0.5, 0.6) is 0 Å². The summed E-state index contributed by atoms with van der Waals surface area (Å²) in [7, 11) is 1.48. The maximum Gasteiger partial charge on any atom is 0.326 e. The van der Waals surface area contributed by atoms with Crippen LogP contribution in [-0.4, -0.2) is 30.2 Å². The number of carbonyl (C=O) groups excluding carboxylic acids is 2. The van der Waals surface area contributed by atoms with E-state index in [1.807, 2.05) is 37.3 Å². The summed E-state index contributed by atoms with van der Waals surface area (Å²) in [5, 5.41) is 2.78. The molecule has 1 N–H and O–H groups in total. The Kier molecular flexibility index (Phi) is 3.62. The molecule has 2 unspecified atom stereocenters. The van der Waals surface area contributed by atoms with Crippen LogP contribution in [0.1, 0.15) is 24.9 Å². The zero-order chi connectivity index (χ0) is 13.1. The molecule has 5 heteroatoms. The average Bonchev–Trinajstić information content (AvgIpc) is 2.36. The number of ether oxygens (including phenoxy) is 1. The van der Waals surface area contributed by atoms with Gasteiger partial charge in [-0.05, 0) is 12.5 Å². The van der Waals surface area contributed by atoms with Crippen molar-refractivity contribution in [2.75, 3.05) is 7.11 Å². The molecule has 0 aromatic heterocycles. The molecule has 1 aliphatic heterocycles. The summed E-state index contributed by atoms with van der Waals surface area (Å²) >= 11 is 0. The Morgan fingerprint density at radius 3 is 2.67 bits per heavy atom. The molecule has 0 saturated carbocycles. The molecule has 1 fully saturated rings. The highest BCUT2D eigenvalue weighted by Gasteiger charge is 2.41. The number of imide groups is 1. The molecular weight excluding hydrogens is 232 g/mol. The fourth-order valence-electron chi connectivity index (χ4n) is 1.90. The number of urea groups is 1. The lowest BCUT2D eigenvalue weighted by Crippen LogP contribution is -2.59. The summed E-state index contributed by atoms with van der Waals surface area (Å²) in [4.78, 5) is 24.4. The van der Waals surface area contributed by atoms with Gasteiger partial charge in [-0.15, -0.1) is 0 Å². The molecule has 2 rings (SSSR count). The number of nitrogens with zero attached hydrogens (tertiary/aromatic N) is 1. The third-order valence-electron chi connectivity index (χ3n) is 3.04. The van der Waals surface area contributed by atoms with Gasteiger partial charge in [-0.3, -0.25) is 4.79 Å². The number of benzene rings is 1. The smallest absolute Gasteiger partial charge is 0.326 e. The maximum absolute atomic E-state index is 11.9. The minimum absolute atomic E-state index is 0.149. The van der Waals surface area contributed by atoms with Gasteiger partial charge in [-0.1, -0.05) is 30.3 Å². The molecule has 1 heterocycles. The predicted octanol–water partition coefficient (Wildman–Crippen LogP) is 1.66. The average molecular weight is 248 g/mol. The van der Waals surface area contributed by atoms with Gasteiger partial charge in [0.25, 0.3) is 0 Å². The molecule has 96 valence electrons. The van der Waals surface area contributed by atoms with E-state index in [0.29, 0.717) is 0 Å². The second kappa shape index (κ2) is 5.18. The van der Waals surface area contributed by atoms with Crippen LogP contribution in [0.25, 0.3) is 0 Å². The largest absolute Gasteiger partial charge is 0.360 e. The first-order chi connectivity index (χ1) is 8.63. The van der Waals surface area contributed by atoms with Crippen molar-refractivity contribution in [3.05, 3.63) is 35.9 Å². The molecule has 18 heavy (non-hydrogen) atoms. The first kappa shape index (κ1) is 12.6. The van der Waals surface area contributed by atoms with E-state index in [0.717, 1.165) is 10.5 Å². The van der Waals surface area contributed by atoms with E-state index in [9.17, 15) is 9.59 Å². The van der Waals surface area contributed by atoms with Crippen molar-refractivity contribution in [2.24, 2.45) is 0 Å². The zero-order valence-electron chi connectivity index (χ0n) is 10.4. The van der Waals surface area contributed by atoms with Gasteiger partial charge < -0.3 is 10.1 Å². The lowest BCUT2D eigenvalue weighted by Gasteiger charge is -2.37. The number of likely N-dealkylation sites (tertiary alicyclic amines) is 1. The van der Waals surface area contributed by atoms with Crippen LogP contribution in [-0.2, 0) is 9.53 Å². The Morgan fingerprint density at radius 1 is 1.44 bits per heavy atom. The molecule has 1 aromatic carbocycles. The Bertz CT molecular complexity index is 447. The van der Waals surface area contributed by atoms with Crippen LogP contribution in [0.15, 0.2) is 30.3 Å². The summed E-state index contributed by atoms with van der Waals surface area (Å²) in [5.41, 5.74) is 0.993. The quantitative estimate of drug-likeness (QED) is 0.828. The molecule has 0 spiro atoms. The lowest BCUT2D eigenvalue weighted by molar-refractivity contribution is -0.159. The summed E-state index contributed by atoms with van der Waals surface area (Å²) in [6.45, 7) is 1.87. The normalized spacial score (nSPS) is 20.2. The molecule has 1 aliphatic rings. The number of rotatable bonds is 3. The van der Waals surface area contributed by atoms with Crippen molar-refractivity contribution in [3.8, 4) is 0 Å². The van der Waals surface area contributed by atoms with E-state index in [1.165, 1.54) is 7.11 Å². The number of nitrogens with one attached hydrogen (secondary N) is 1. The topological polar surface area (TPSA) is 58.6 Å². The fraction of sp³-hybridized carbons (Fsp3) is 0.385. The van der Waals surface area contributed by atoms with Crippen molar-refractivity contribution in [1.82, 2.24) is 10.2 Å². The van der Waals surface area contributed by atoms with Crippen LogP contribution in [0, 0.1) is 0 Å². The van der Waals surface area contributed by atoms with Crippen LogP contribution < -0.4 is 5.32 Å². The molecular formula is C13H16N2O3. The third kappa shape index (κ3) is 2.36. The van der Waals surface area contributed by atoms with Crippen LogP contribution >= 0.6 is 0 Å². The molecule has 1 aromatic rings. The molecule has 1 saturated heterocycles. The number of hydrogen-bond acceptors (Lipinski definition) is 3. The Morgan fingerprint density at radius 2 is 2.11 bits per heavy atom.